The van der Waals surface area contributed by atoms with Crippen LogP contribution in [0.4, 0.5) is 0 Å². The van der Waals surface area contributed by atoms with Crippen molar-refractivity contribution in [1.29, 1.82) is 0 Å². The fourth-order valence-corrected chi connectivity index (χ4v) is 0.534. The monoisotopic (exact) mass is 118 g/mol. The Balaban J connectivity index is 2.20. The Bertz CT molecular complexity index is 77.7. The first kappa shape index (κ1) is 6.01. The maximum atomic E-state index is 5.05. The third-order valence-electron chi connectivity index (χ3n) is 1.07. The van der Waals surface area contributed by atoms with Crippen molar-refractivity contribution in [2.45, 2.75) is 26.2 Å². The molecule has 1 aliphatic heterocycles. The first-order chi connectivity index (χ1) is 3.83. The molecule has 0 N–H and O–H groups in total. The highest BCUT2D eigenvalue weighted by molar-refractivity contribution is 4.55. The molecule has 0 amide bonds. The normalized spacial score (nSPS) is 23.2. The van der Waals surface area contributed by atoms with Gasteiger partial charge in [-0.05, 0) is 6.92 Å². The fraction of sp³-hybridized carbons (Fsp3) is 1.00. The van der Waals surface area contributed by atoms with E-state index in [2.05, 4.69) is 9.78 Å². The molecule has 1 heterocycles. The Morgan fingerprint density at radius 3 is 2.12 bits per heavy atom. The van der Waals surface area contributed by atoms with Crippen LogP contribution in [0.1, 0.15) is 20.3 Å². The van der Waals surface area contributed by atoms with E-state index in [9.17, 15) is 0 Å². The minimum absolute atomic E-state index is 0.633. The molecule has 0 bridgehead atoms. The molecule has 0 aliphatic carbocycles. The van der Waals surface area contributed by atoms with E-state index in [4.69, 9.17) is 4.74 Å². The van der Waals surface area contributed by atoms with Gasteiger partial charge >= 0.3 is 5.97 Å². The van der Waals surface area contributed by atoms with E-state index in [0.29, 0.717) is 6.61 Å². The summed E-state index contributed by atoms with van der Waals surface area (Å²) in [6.07, 6.45) is 0.751. The lowest BCUT2D eigenvalue weighted by molar-refractivity contribution is -0.0505. The molecule has 3 heteroatoms. The topological polar surface area (TPSA) is 34.3 Å². The van der Waals surface area contributed by atoms with Crippen molar-refractivity contribution in [3.63, 3.8) is 0 Å². The van der Waals surface area contributed by atoms with Crippen molar-refractivity contribution in [3.05, 3.63) is 0 Å². The predicted octanol–water partition coefficient (Wildman–Crippen LogP) is 1.05. The summed E-state index contributed by atoms with van der Waals surface area (Å²) >= 11 is 0. The van der Waals surface area contributed by atoms with Gasteiger partial charge in [0.05, 0.1) is 0 Å². The van der Waals surface area contributed by atoms with Crippen LogP contribution in [-0.2, 0) is 14.5 Å². The van der Waals surface area contributed by atoms with E-state index in [1.54, 1.807) is 0 Å². The van der Waals surface area contributed by atoms with Gasteiger partial charge in [-0.3, -0.25) is 0 Å². The summed E-state index contributed by atoms with van der Waals surface area (Å²) in [4.78, 5) is 9.13. The minimum Gasteiger partial charge on any atom is -0.324 e. The van der Waals surface area contributed by atoms with Crippen LogP contribution in [0.2, 0.25) is 0 Å². The molecule has 0 aromatic rings. The van der Waals surface area contributed by atoms with E-state index >= 15 is 0 Å². The van der Waals surface area contributed by atoms with Gasteiger partial charge in [0.2, 0.25) is 0 Å². The Morgan fingerprint density at radius 1 is 1.38 bits per heavy atom. The summed E-state index contributed by atoms with van der Waals surface area (Å²) in [7, 11) is 0. The molecule has 1 aliphatic rings. The maximum absolute atomic E-state index is 5.05. The summed E-state index contributed by atoms with van der Waals surface area (Å²) in [5.74, 6) is -0.658. The zero-order valence-electron chi connectivity index (χ0n) is 5.14. The van der Waals surface area contributed by atoms with E-state index in [0.717, 1.165) is 6.42 Å². The van der Waals surface area contributed by atoms with Gasteiger partial charge in [0, 0.05) is 13.0 Å². The predicted molar refractivity (Wildman–Crippen MR) is 26.8 cm³/mol. The molecule has 0 unspecified atom stereocenters. The number of hydrogen-bond acceptors (Lipinski definition) is 3. The third kappa shape index (κ3) is 0.992. The van der Waals surface area contributed by atoms with Crippen LogP contribution < -0.4 is 0 Å². The lowest BCUT2D eigenvalue weighted by Gasteiger charge is -2.00. The van der Waals surface area contributed by atoms with Gasteiger partial charge in [0.15, 0.2) is 0 Å². The zero-order chi connectivity index (χ0) is 6.04. The number of hydrogen-bond donors (Lipinski definition) is 0. The first-order valence-corrected chi connectivity index (χ1v) is 2.84. The Labute approximate surface area is 48.5 Å². The number of ether oxygens (including phenoxy) is 1. The molecule has 0 spiro atoms. The van der Waals surface area contributed by atoms with Crippen LogP contribution in [0.25, 0.3) is 0 Å². The lowest BCUT2D eigenvalue weighted by Crippen LogP contribution is -2.13. The molecule has 0 aromatic heterocycles. The van der Waals surface area contributed by atoms with Gasteiger partial charge in [-0.1, -0.05) is 6.92 Å². The summed E-state index contributed by atoms with van der Waals surface area (Å²) < 4.78 is 5.05. The maximum Gasteiger partial charge on any atom is 0.339 e. The number of rotatable bonds is 3. The lowest BCUT2D eigenvalue weighted by atomic mass is 10.4. The third-order valence-corrected chi connectivity index (χ3v) is 1.07. The van der Waals surface area contributed by atoms with Gasteiger partial charge in [0.1, 0.15) is 0 Å². The van der Waals surface area contributed by atoms with Crippen LogP contribution in [0.3, 0.4) is 0 Å². The Kier molecular flexibility index (Phi) is 1.51. The minimum atomic E-state index is -0.658. The second-order valence-electron chi connectivity index (χ2n) is 1.64. The van der Waals surface area contributed by atoms with E-state index in [-0.39, 0.29) is 0 Å². The largest absolute Gasteiger partial charge is 0.339 e. The average Bonchev–Trinajstić information content (AvgIpc) is 2.50. The SMILES string of the molecule is CCOC1(CC)OO1. The van der Waals surface area contributed by atoms with Gasteiger partial charge in [-0.2, -0.15) is 9.78 Å². The van der Waals surface area contributed by atoms with E-state index in [1.165, 1.54) is 0 Å². The molecule has 1 fully saturated rings. The van der Waals surface area contributed by atoms with Crippen LogP contribution in [0.5, 0.6) is 0 Å². The molecule has 0 saturated carbocycles. The summed E-state index contributed by atoms with van der Waals surface area (Å²) in [5.41, 5.74) is 0. The molecular formula is C5H10O3. The Morgan fingerprint density at radius 2 is 2.00 bits per heavy atom. The Hall–Kier alpha value is -0.120. The van der Waals surface area contributed by atoms with Crippen LogP contribution >= 0.6 is 0 Å². The molecule has 3 nitrogen and oxygen atoms in total. The van der Waals surface area contributed by atoms with Gasteiger partial charge in [-0.25, -0.2) is 0 Å². The average molecular weight is 118 g/mol. The van der Waals surface area contributed by atoms with Crippen molar-refractivity contribution < 1.29 is 14.5 Å². The second kappa shape index (κ2) is 2.01. The van der Waals surface area contributed by atoms with Crippen molar-refractivity contribution >= 4 is 0 Å². The van der Waals surface area contributed by atoms with Gasteiger partial charge in [-0.15, -0.1) is 0 Å². The van der Waals surface area contributed by atoms with E-state index in [1.807, 2.05) is 13.8 Å². The van der Waals surface area contributed by atoms with Gasteiger partial charge < -0.3 is 4.74 Å². The summed E-state index contributed by atoms with van der Waals surface area (Å²) in [5, 5.41) is 0. The zero-order valence-corrected chi connectivity index (χ0v) is 5.14. The molecule has 48 valence electrons. The van der Waals surface area contributed by atoms with Crippen LogP contribution in [-0.4, -0.2) is 12.6 Å². The molecule has 1 rings (SSSR count). The summed E-state index contributed by atoms with van der Waals surface area (Å²) in [6, 6.07) is 0. The quantitative estimate of drug-likeness (QED) is 0.410. The molecule has 1 saturated heterocycles. The molecule has 0 aromatic carbocycles. The highest BCUT2D eigenvalue weighted by Gasteiger charge is 2.48. The summed E-state index contributed by atoms with van der Waals surface area (Å²) in [6.45, 7) is 4.49. The molecule has 0 radical (unpaired) electrons. The van der Waals surface area contributed by atoms with Crippen LogP contribution in [0, 0.1) is 0 Å². The fourth-order valence-electron chi connectivity index (χ4n) is 0.534. The standard InChI is InChI=1S/C5H10O3/c1-3-5(6-4-2)7-8-5/h3-4H2,1-2H3. The van der Waals surface area contributed by atoms with E-state index < -0.39 is 5.97 Å². The van der Waals surface area contributed by atoms with Gasteiger partial charge in [0.25, 0.3) is 0 Å². The first-order valence-electron chi connectivity index (χ1n) is 2.84. The highest BCUT2D eigenvalue weighted by atomic mass is 17.4. The molecule has 0 atom stereocenters. The van der Waals surface area contributed by atoms with Crippen molar-refractivity contribution in [1.82, 2.24) is 0 Å². The van der Waals surface area contributed by atoms with Crippen molar-refractivity contribution in [2.24, 2.45) is 0 Å². The van der Waals surface area contributed by atoms with Crippen LogP contribution in [0.15, 0.2) is 0 Å². The molecular weight excluding hydrogens is 108 g/mol. The highest BCUT2D eigenvalue weighted by Crippen LogP contribution is 2.33. The van der Waals surface area contributed by atoms with Crippen molar-refractivity contribution in [2.75, 3.05) is 6.61 Å². The second-order valence-corrected chi connectivity index (χ2v) is 1.64. The smallest absolute Gasteiger partial charge is 0.324 e. The van der Waals surface area contributed by atoms with Crippen molar-refractivity contribution in [3.8, 4) is 0 Å². The molecule has 8 heavy (non-hydrogen) atoms.